The Hall–Kier alpha value is -2.38. The Morgan fingerprint density at radius 2 is 1.61 bits per heavy atom. The lowest BCUT2D eigenvalue weighted by atomic mass is 10.2. The van der Waals surface area contributed by atoms with Gasteiger partial charge in [0, 0.05) is 19.7 Å². The van der Waals surface area contributed by atoms with Crippen molar-refractivity contribution < 1.29 is 13.2 Å². The summed E-state index contributed by atoms with van der Waals surface area (Å²) in [4.78, 5) is 11.9. The van der Waals surface area contributed by atoms with Crippen LogP contribution >= 0.6 is 0 Å². The SMILES string of the molecule is Cc1ccccc1NS(=O)(=O)c1ccc(C(=O)NN(C)C)cc1. The molecule has 0 saturated carbocycles. The Bertz CT molecular complexity index is 800. The maximum atomic E-state index is 12.4. The molecule has 7 heteroatoms. The summed E-state index contributed by atoms with van der Waals surface area (Å²) in [5.74, 6) is -0.300. The minimum absolute atomic E-state index is 0.0992. The number of carbonyl (C=O) groups excluding carboxylic acids is 1. The number of anilines is 1. The maximum absolute atomic E-state index is 12.4. The lowest BCUT2D eigenvalue weighted by Gasteiger charge is -2.13. The van der Waals surface area contributed by atoms with E-state index in [2.05, 4.69) is 10.1 Å². The topological polar surface area (TPSA) is 78.5 Å². The van der Waals surface area contributed by atoms with Gasteiger partial charge in [0.15, 0.2) is 0 Å². The Morgan fingerprint density at radius 1 is 1.00 bits per heavy atom. The summed E-state index contributed by atoms with van der Waals surface area (Å²) in [5, 5.41) is 1.52. The molecule has 2 N–H and O–H groups in total. The Balaban J connectivity index is 2.21. The van der Waals surface area contributed by atoms with Gasteiger partial charge in [0.1, 0.15) is 0 Å². The van der Waals surface area contributed by atoms with Crippen LogP contribution < -0.4 is 10.1 Å². The van der Waals surface area contributed by atoms with Crippen LogP contribution in [0.5, 0.6) is 0 Å². The van der Waals surface area contributed by atoms with Crippen LogP contribution in [0.2, 0.25) is 0 Å². The van der Waals surface area contributed by atoms with Crippen molar-refractivity contribution in [3.8, 4) is 0 Å². The van der Waals surface area contributed by atoms with Gasteiger partial charge < -0.3 is 0 Å². The Morgan fingerprint density at radius 3 is 2.17 bits per heavy atom. The van der Waals surface area contributed by atoms with E-state index in [0.29, 0.717) is 11.3 Å². The number of hydrazine groups is 1. The maximum Gasteiger partial charge on any atom is 0.265 e. The Kier molecular flexibility index (Phi) is 5.02. The quantitative estimate of drug-likeness (QED) is 0.821. The lowest BCUT2D eigenvalue weighted by Crippen LogP contribution is -2.36. The molecule has 0 heterocycles. The minimum atomic E-state index is -3.69. The average Bonchev–Trinajstić information content (AvgIpc) is 2.49. The van der Waals surface area contributed by atoms with Gasteiger partial charge in [-0.15, -0.1) is 0 Å². The van der Waals surface area contributed by atoms with Crippen molar-refractivity contribution in [2.75, 3.05) is 18.8 Å². The molecule has 2 rings (SSSR count). The van der Waals surface area contributed by atoms with Crippen molar-refractivity contribution in [1.82, 2.24) is 10.4 Å². The number of hydrogen-bond acceptors (Lipinski definition) is 4. The van der Waals surface area contributed by atoms with Gasteiger partial charge in [-0.1, -0.05) is 18.2 Å². The summed E-state index contributed by atoms with van der Waals surface area (Å²) < 4.78 is 27.3. The molecule has 23 heavy (non-hydrogen) atoms. The molecule has 0 aliphatic rings. The molecule has 2 aromatic rings. The predicted molar refractivity (Wildman–Crippen MR) is 89.6 cm³/mol. The van der Waals surface area contributed by atoms with Crippen molar-refractivity contribution in [2.45, 2.75) is 11.8 Å². The summed E-state index contributed by atoms with van der Waals surface area (Å²) in [6, 6.07) is 12.9. The molecule has 0 aliphatic carbocycles. The van der Waals surface area contributed by atoms with Crippen molar-refractivity contribution in [1.29, 1.82) is 0 Å². The first-order valence-electron chi connectivity index (χ1n) is 6.96. The summed E-state index contributed by atoms with van der Waals surface area (Å²) in [6.07, 6.45) is 0. The van der Waals surface area contributed by atoms with Crippen molar-refractivity contribution in [3.63, 3.8) is 0 Å². The number of carbonyl (C=O) groups is 1. The minimum Gasteiger partial charge on any atom is -0.285 e. The number of sulfonamides is 1. The van der Waals surface area contributed by atoms with Crippen LogP contribution in [0.4, 0.5) is 5.69 Å². The van der Waals surface area contributed by atoms with E-state index in [-0.39, 0.29) is 10.8 Å². The van der Waals surface area contributed by atoms with E-state index in [1.807, 2.05) is 19.1 Å². The van der Waals surface area contributed by atoms with Crippen molar-refractivity contribution >= 4 is 21.6 Å². The van der Waals surface area contributed by atoms with Crippen molar-refractivity contribution in [2.24, 2.45) is 0 Å². The number of amides is 1. The fourth-order valence-corrected chi connectivity index (χ4v) is 3.07. The monoisotopic (exact) mass is 333 g/mol. The van der Waals surface area contributed by atoms with Gasteiger partial charge in [0.2, 0.25) is 0 Å². The summed E-state index contributed by atoms with van der Waals surface area (Å²) in [5.41, 5.74) is 4.34. The van der Waals surface area contributed by atoms with Crippen LogP contribution in [0.1, 0.15) is 15.9 Å². The molecule has 1 amide bonds. The fourth-order valence-electron chi connectivity index (χ4n) is 1.94. The van der Waals surface area contributed by atoms with Crippen LogP contribution in [0.15, 0.2) is 53.4 Å². The van der Waals surface area contributed by atoms with Crippen LogP contribution in [0.3, 0.4) is 0 Å². The first-order valence-corrected chi connectivity index (χ1v) is 8.45. The molecule has 0 bridgehead atoms. The lowest BCUT2D eigenvalue weighted by molar-refractivity contribution is 0.0857. The second kappa shape index (κ2) is 6.80. The molecule has 0 fully saturated rings. The highest BCUT2D eigenvalue weighted by Crippen LogP contribution is 2.19. The third-order valence-electron chi connectivity index (χ3n) is 3.14. The van der Waals surface area contributed by atoms with Gasteiger partial charge in [-0.05, 0) is 42.8 Å². The average molecular weight is 333 g/mol. The van der Waals surface area contributed by atoms with Crippen LogP contribution in [0, 0.1) is 6.92 Å². The number of benzene rings is 2. The zero-order chi connectivity index (χ0) is 17.0. The summed E-state index contributed by atoms with van der Waals surface area (Å²) in [6.45, 7) is 1.83. The Labute approximate surface area is 136 Å². The molecule has 0 unspecified atom stereocenters. The van der Waals surface area contributed by atoms with Gasteiger partial charge in [-0.25, -0.2) is 13.4 Å². The van der Waals surface area contributed by atoms with E-state index >= 15 is 0 Å². The largest absolute Gasteiger partial charge is 0.285 e. The predicted octanol–water partition coefficient (Wildman–Crippen LogP) is 2.00. The molecule has 0 radical (unpaired) electrons. The van der Waals surface area contributed by atoms with E-state index in [9.17, 15) is 13.2 Å². The number of aryl methyl sites for hydroxylation is 1. The van der Waals surface area contributed by atoms with E-state index in [1.54, 1.807) is 26.2 Å². The number of hydrogen-bond donors (Lipinski definition) is 2. The van der Waals surface area contributed by atoms with Gasteiger partial charge in [0.25, 0.3) is 15.9 Å². The van der Waals surface area contributed by atoms with Crippen LogP contribution in [-0.4, -0.2) is 33.4 Å². The standard InChI is InChI=1S/C16H19N3O3S/c1-12-6-4-5-7-15(12)18-23(21,22)14-10-8-13(9-11-14)16(20)17-19(2)3/h4-11,18H,1-3H3,(H,17,20). The third-order valence-corrected chi connectivity index (χ3v) is 4.52. The van der Waals surface area contributed by atoms with Gasteiger partial charge in [-0.3, -0.25) is 14.9 Å². The van der Waals surface area contributed by atoms with E-state index in [4.69, 9.17) is 0 Å². The molecular weight excluding hydrogens is 314 g/mol. The molecule has 0 spiro atoms. The molecule has 122 valence electrons. The van der Waals surface area contributed by atoms with E-state index in [1.165, 1.54) is 29.3 Å². The van der Waals surface area contributed by atoms with Gasteiger partial charge in [0.05, 0.1) is 10.6 Å². The number of rotatable bonds is 5. The van der Waals surface area contributed by atoms with E-state index < -0.39 is 10.0 Å². The first-order chi connectivity index (χ1) is 10.8. The molecule has 2 aromatic carbocycles. The van der Waals surface area contributed by atoms with Gasteiger partial charge in [-0.2, -0.15) is 0 Å². The highest BCUT2D eigenvalue weighted by molar-refractivity contribution is 7.92. The molecule has 0 aliphatic heterocycles. The second-order valence-corrected chi connectivity index (χ2v) is 6.96. The zero-order valence-corrected chi connectivity index (χ0v) is 14.0. The molecule has 0 aromatic heterocycles. The smallest absolute Gasteiger partial charge is 0.265 e. The van der Waals surface area contributed by atoms with Crippen molar-refractivity contribution in [3.05, 3.63) is 59.7 Å². The zero-order valence-electron chi connectivity index (χ0n) is 13.2. The van der Waals surface area contributed by atoms with E-state index in [0.717, 1.165) is 5.56 Å². The summed E-state index contributed by atoms with van der Waals surface area (Å²) in [7, 11) is -0.299. The van der Waals surface area contributed by atoms with Crippen LogP contribution in [-0.2, 0) is 10.0 Å². The number of para-hydroxylation sites is 1. The first kappa shape index (κ1) is 17.0. The highest BCUT2D eigenvalue weighted by Gasteiger charge is 2.16. The normalized spacial score (nSPS) is 11.3. The number of nitrogens with zero attached hydrogens (tertiary/aromatic N) is 1. The molecular formula is C16H19N3O3S. The summed E-state index contributed by atoms with van der Waals surface area (Å²) >= 11 is 0. The number of nitrogens with one attached hydrogen (secondary N) is 2. The fraction of sp³-hybridized carbons (Fsp3) is 0.188. The second-order valence-electron chi connectivity index (χ2n) is 5.28. The third kappa shape index (κ3) is 4.30. The molecule has 6 nitrogen and oxygen atoms in total. The van der Waals surface area contributed by atoms with Gasteiger partial charge >= 0.3 is 0 Å². The van der Waals surface area contributed by atoms with Crippen LogP contribution in [0.25, 0.3) is 0 Å². The molecule has 0 saturated heterocycles. The highest BCUT2D eigenvalue weighted by atomic mass is 32.2. The molecule has 0 atom stereocenters.